The van der Waals surface area contributed by atoms with Gasteiger partial charge in [0.15, 0.2) is 0 Å². The molecule has 0 amide bonds. The number of fused-ring (bicyclic) bond motifs is 1. The maximum atomic E-state index is 12.0. The lowest BCUT2D eigenvalue weighted by atomic mass is 10.2. The first-order valence-electron chi connectivity index (χ1n) is 7.77. The van der Waals surface area contributed by atoms with Gasteiger partial charge in [-0.3, -0.25) is 0 Å². The number of azide groups is 1. The van der Waals surface area contributed by atoms with Crippen molar-refractivity contribution in [3.05, 3.63) is 70.2 Å². The van der Waals surface area contributed by atoms with Crippen molar-refractivity contribution in [3.63, 3.8) is 0 Å². The zero-order chi connectivity index (χ0) is 17.6. The Balaban J connectivity index is 1.94. The number of hydrogen-bond donors (Lipinski definition) is 1. The van der Waals surface area contributed by atoms with E-state index in [4.69, 9.17) is 15.0 Å². The van der Waals surface area contributed by atoms with Crippen LogP contribution in [-0.2, 0) is 11.3 Å². The normalized spacial score (nSPS) is 10.3. The number of nitrogens with one attached hydrogen (secondary N) is 1. The van der Waals surface area contributed by atoms with Gasteiger partial charge in [-0.1, -0.05) is 35.4 Å². The lowest BCUT2D eigenvalue weighted by molar-refractivity contribution is 0.0521. The number of nitrogens with zero attached hydrogens (tertiary/aromatic N) is 3. The molecule has 0 unspecified atom stereocenters. The molecule has 0 aliphatic rings. The summed E-state index contributed by atoms with van der Waals surface area (Å²) in [7, 11) is 0. The minimum Gasteiger partial charge on any atom is -0.489 e. The summed E-state index contributed by atoms with van der Waals surface area (Å²) in [6.07, 6.45) is 0. The third-order valence-corrected chi connectivity index (χ3v) is 3.62. The molecule has 3 aromatic rings. The molecule has 1 aromatic heterocycles. The Morgan fingerprint density at radius 2 is 2.04 bits per heavy atom. The largest absolute Gasteiger partial charge is 0.489 e. The summed E-state index contributed by atoms with van der Waals surface area (Å²) >= 11 is 0. The quantitative estimate of drug-likeness (QED) is 0.301. The Kier molecular flexibility index (Phi) is 4.87. The smallest absolute Gasteiger partial charge is 0.355 e. The Hall–Kier alpha value is -3.44. The summed E-state index contributed by atoms with van der Waals surface area (Å²) in [4.78, 5) is 17.8. The fourth-order valence-electron chi connectivity index (χ4n) is 2.49. The summed E-state index contributed by atoms with van der Waals surface area (Å²) in [6.45, 7) is 2.36. The van der Waals surface area contributed by atoms with Crippen LogP contribution in [-0.4, -0.2) is 17.6 Å². The summed E-state index contributed by atoms with van der Waals surface area (Å²) in [5.41, 5.74) is 10.9. The molecule has 126 valence electrons. The third-order valence-electron chi connectivity index (χ3n) is 3.62. The zero-order valence-electron chi connectivity index (χ0n) is 13.6. The lowest BCUT2D eigenvalue weighted by Crippen LogP contribution is -2.04. The molecule has 7 heteroatoms. The van der Waals surface area contributed by atoms with E-state index in [2.05, 4.69) is 15.0 Å². The summed E-state index contributed by atoms with van der Waals surface area (Å²) in [5, 5.41) is 4.25. The van der Waals surface area contributed by atoms with Gasteiger partial charge in [0.1, 0.15) is 18.1 Å². The van der Waals surface area contributed by atoms with E-state index in [0.717, 1.165) is 5.56 Å². The number of H-pyrrole nitrogens is 1. The maximum absolute atomic E-state index is 12.0. The Bertz CT molecular complexity index is 944. The second-order valence-electron chi connectivity index (χ2n) is 5.24. The van der Waals surface area contributed by atoms with E-state index >= 15 is 0 Å². The number of esters is 1. The van der Waals surface area contributed by atoms with Gasteiger partial charge in [-0.15, -0.1) is 0 Å². The highest BCUT2D eigenvalue weighted by Gasteiger charge is 2.18. The van der Waals surface area contributed by atoms with Crippen molar-refractivity contribution in [2.45, 2.75) is 13.5 Å². The van der Waals surface area contributed by atoms with Gasteiger partial charge in [0.05, 0.1) is 12.3 Å². The summed E-state index contributed by atoms with van der Waals surface area (Å²) in [6, 6.07) is 15.1. The molecule has 0 atom stereocenters. The Morgan fingerprint density at radius 1 is 1.24 bits per heavy atom. The Labute approximate surface area is 143 Å². The van der Waals surface area contributed by atoms with Crippen LogP contribution in [0.3, 0.4) is 0 Å². The lowest BCUT2D eigenvalue weighted by Gasteiger charge is -2.06. The van der Waals surface area contributed by atoms with Gasteiger partial charge >= 0.3 is 5.97 Å². The predicted octanol–water partition coefficient (Wildman–Crippen LogP) is 4.87. The van der Waals surface area contributed by atoms with Crippen molar-refractivity contribution in [1.29, 1.82) is 0 Å². The van der Waals surface area contributed by atoms with Crippen molar-refractivity contribution in [2.75, 3.05) is 6.61 Å². The zero-order valence-corrected chi connectivity index (χ0v) is 13.6. The molecule has 0 radical (unpaired) electrons. The number of rotatable bonds is 6. The van der Waals surface area contributed by atoms with Gasteiger partial charge < -0.3 is 14.5 Å². The molecule has 0 saturated carbocycles. The molecule has 0 aliphatic carbocycles. The van der Waals surface area contributed by atoms with Gasteiger partial charge in [0, 0.05) is 15.8 Å². The standard InChI is InChI=1S/C18H16N4O3/c1-2-24-18(23)17-16(21-22-19)14-10-13(8-9-15(14)20-17)25-11-12-6-4-3-5-7-12/h3-10,20H,2,11H2,1H3. The van der Waals surface area contributed by atoms with E-state index in [0.29, 0.717) is 23.3 Å². The van der Waals surface area contributed by atoms with Crippen molar-refractivity contribution in [2.24, 2.45) is 5.11 Å². The molecule has 0 aliphatic heterocycles. The van der Waals surface area contributed by atoms with Crippen LogP contribution in [0, 0.1) is 0 Å². The van der Waals surface area contributed by atoms with Crippen LogP contribution >= 0.6 is 0 Å². The van der Waals surface area contributed by atoms with E-state index in [1.807, 2.05) is 30.3 Å². The van der Waals surface area contributed by atoms with Crippen LogP contribution in [0.4, 0.5) is 5.69 Å². The molecule has 25 heavy (non-hydrogen) atoms. The van der Waals surface area contributed by atoms with E-state index in [-0.39, 0.29) is 18.0 Å². The van der Waals surface area contributed by atoms with E-state index in [1.165, 1.54) is 0 Å². The average Bonchev–Trinajstić information content (AvgIpc) is 2.99. The predicted molar refractivity (Wildman–Crippen MR) is 93.8 cm³/mol. The first-order chi connectivity index (χ1) is 12.2. The number of carbonyl (C=O) groups excluding carboxylic acids is 1. The molecule has 3 rings (SSSR count). The molecule has 1 N–H and O–H groups in total. The van der Waals surface area contributed by atoms with E-state index < -0.39 is 5.97 Å². The highest BCUT2D eigenvalue weighted by molar-refractivity contribution is 6.05. The molecular weight excluding hydrogens is 320 g/mol. The van der Waals surface area contributed by atoms with Crippen molar-refractivity contribution >= 4 is 22.6 Å². The van der Waals surface area contributed by atoms with Gasteiger partial charge in [0.2, 0.25) is 0 Å². The van der Waals surface area contributed by atoms with Crippen LogP contribution in [0.15, 0.2) is 53.6 Å². The van der Waals surface area contributed by atoms with Gasteiger partial charge in [0.25, 0.3) is 0 Å². The topological polar surface area (TPSA) is 100 Å². The fraction of sp³-hybridized carbons (Fsp3) is 0.167. The third kappa shape index (κ3) is 3.57. The highest BCUT2D eigenvalue weighted by Crippen LogP contribution is 2.34. The number of aromatic nitrogens is 1. The number of benzene rings is 2. The molecule has 2 aromatic carbocycles. The van der Waals surface area contributed by atoms with Gasteiger partial charge in [-0.2, -0.15) is 0 Å². The molecule has 0 saturated heterocycles. The van der Waals surface area contributed by atoms with E-state index in [1.54, 1.807) is 25.1 Å². The minimum absolute atomic E-state index is 0.134. The van der Waals surface area contributed by atoms with E-state index in [9.17, 15) is 4.79 Å². The van der Waals surface area contributed by atoms with Crippen molar-refractivity contribution in [1.82, 2.24) is 4.98 Å². The molecule has 0 bridgehead atoms. The molecule has 7 nitrogen and oxygen atoms in total. The number of aromatic amines is 1. The first kappa shape index (κ1) is 16.4. The van der Waals surface area contributed by atoms with Gasteiger partial charge in [-0.05, 0) is 36.2 Å². The second kappa shape index (κ2) is 7.42. The van der Waals surface area contributed by atoms with Crippen LogP contribution in [0.5, 0.6) is 5.75 Å². The molecule has 0 spiro atoms. The first-order valence-corrected chi connectivity index (χ1v) is 7.77. The van der Waals surface area contributed by atoms with Crippen LogP contribution < -0.4 is 4.74 Å². The monoisotopic (exact) mass is 336 g/mol. The van der Waals surface area contributed by atoms with Crippen LogP contribution in [0.25, 0.3) is 21.3 Å². The highest BCUT2D eigenvalue weighted by atomic mass is 16.5. The molecular formula is C18H16N4O3. The SMILES string of the molecule is CCOC(=O)c1[nH]c2ccc(OCc3ccccc3)cc2c1N=[N+]=[N-]. The minimum atomic E-state index is -0.562. The van der Waals surface area contributed by atoms with Crippen LogP contribution in [0.1, 0.15) is 23.0 Å². The summed E-state index contributed by atoms with van der Waals surface area (Å²) < 4.78 is 10.8. The number of ether oxygens (including phenoxy) is 2. The molecule has 0 fully saturated rings. The second-order valence-corrected chi connectivity index (χ2v) is 5.24. The van der Waals surface area contributed by atoms with Crippen molar-refractivity contribution < 1.29 is 14.3 Å². The van der Waals surface area contributed by atoms with Crippen LogP contribution in [0.2, 0.25) is 0 Å². The van der Waals surface area contributed by atoms with Crippen molar-refractivity contribution in [3.8, 4) is 5.75 Å². The maximum Gasteiger partial charge on any atom is 0.355 e. The number of carbonyl (C=O) groups is 1. The fourth-order valence-corrected chi connectivity index (χ4v) is 2.49. The number of hydrogen-bond acceptors (Lipinski definition) is 4. The molecule has 1 heterocycles. The average molecular weight is 336 g/mol. The van der Waals surface area contributed by atoms with Gasteiger partial charge in [-0.25, -0.2) is 4.79 Å². The summed E-state index contributed by atoms with van der Waals surface area (Å²) in [5.74, 6) is 0.0491. The Morgan fingerprint density at radius 3 is 2.76 bits per heavy atom.